The van der Waals surface area contributed by atoms with E-state index in [1.165, 1.54) is 44.3 Å². The van der Waals surface area contributed by atoms with Gasteiger partial charge in [-0.3, -0.25) is 0 Å². The first-order valence-corrected chi connectivity index (χ1v) is 21.3. The van der Waals surface area contributed by atoms with Crippen LogP contribution in [0.1, 0.15) is 30.4 Å². The van der Waals surface area contributed by atoms with E-state index in [1.807, 2.05) is 24.3 Å². The van der Waals surface area contributed by atoms with Crippen LogP contribution in [0.4, 0.5) is 11.4 Å². The van der Waals surface area contributed by atoms with Gasteiger partial charge in [-0.05, 0) is 99.5 Å². The predicted molar refractivity (Wildman–Crippen MR) is 257 cm³/mol. The Morgan fingerprint density at radius 1 is 0.484 bits per heavy atom. The van der Waals surface area contributed by atoms with Crippen LogP contribution in [-0.2, 0) is 0 Å². The molecule has 0 atom stereocenters. The van der Waals surface area contributed by atoms with Gasteiger partial charge in [-0.15, -0.1) is 0 Å². The second kappa shape index (κ2) is 14.9. The van der Waals surface area contributed by atoms with Crippen LogP contribution in [0.15, 0.2) is 209 Å². The highest BCUT2D eigenvalue weighted by atomic mass is 16.3. The molecule has 0 spiro atoms. The zero-order chi connectivity index (χ0) is 41.0. The lowest BCUT2D eigenvalue weighted by atomic mass is 9.92. The van der Waals surface area contributed by atoms with E-state index in [2.05, 4.69) is 193 Å². The summed E-state index contributed by atoms with van der Waals surface area (Å²) < 4.78 is 12.9. The molecule has 62 heavy (non-hydrogen) atoms. The number of nitrogens with zero attached hydrogens (tertiary/aromatic N) is 1. The van der Waals surface area contributed by atoms with Gasteiger partial charge in [0.05, 0.1) is 5.69 Å². The zero-order valence-corrected chi connectivity index (χ0v) is 33.9. The minimum Gasteiger partial charge on any atom is -0.455 e. The molecule has 0 radical (unpaired) electrons. The third kappa shape index (κ3) is 6.08. The lowest BCUT2D eigenvalue weighted by molar-refractivity contribution is 0.576. The van der Waals surface area contributed by atoms with Crippen molar-refractivity contribution in [3.63, 3.8) is 0 Å². The SMILES string of the molecule is C1#CCC(c2ccccc2N(C2=CC=C(c3cccc4c3oc3ccccc34)CC2)c2ccc(-c3cccc(-c4cccc5ccccc45)c3)cc2)=c2c(oc3ccccc23)=C1. The van der Waals surface area contributed by atoms with Gasteiger partial charge in [0, 0.05) is 56.4 Å². The van der Waals surface area contributed by atoms with Crippen LogP contribution in [0, 0.1) is 11.8 Å². The van der Waals surface area contributed by atoms with E-state index in [0.717, 1.165) is 84.5 Å². The largest absolute Gasteiger partial charge is 0.455 e. The second-order valence-corrected chi connectivity index (χ2v) is 16.1. The highest BCUT2D eigenvalue weighted by molar-refractivity contribution is 6.08. The minimum absolute atomic E-state index is 0.606. The molecule has 0 fully saturated rings. The molecule has 2 heterocycles. The fraction of sp³-hybridized carbons (Fsp3) is 0.0508. The van der Waals surface area contributed by atoms with Crippen LogP contribution in [0.5, 0.6) is 0 Å². The molecule has 2 aliphatic carbocycles. The number of allylic oxidation sites excluding steroid dienone is 4. The third-order valence-electron chi connectivity index (χ3n) is 12.6. The maximum atomic E-state index is 6.50. The maximum absolute atomic E-state index is 6.50. The maximum Gasteiger partial charge on any atom is 0.144 e. The lowest BCUT2D eigenvalue weighted by Gasteiger charge is -2.32. The van der Waals surface area contributed by atoms with Gasteiger partial charge < -0.3 is 13.7 Å². The smallest absolute Gasteiger partial charge is 0.144 e. The molecule has 2 aromatic heterocycles. The van der Waals surface area contributed by atoms with Crippen molar-refractivity contribution >= 4 is 72.3 Å². The number of fused-ring (bicyclic) bond motifs is 7. The van der Waals surface area contributed by atoms with E-state index >= 15 is 0 Å². The van der Waals surface area contributed by atoms with Crippen molar-refractivity contribution in [3.8, 4) is 34.1 Å². The molecule has 8 aromatic carbocycles. The van der Waals surface area contributed by atoms with Gasteiger partial charge in [-0.2, -0.15) is 0 Å². The minimum atomic E-state index is 0.606. The average Bonchev–Trinajstić information content (AvgIpc) is 3.83. The topological polar surface area (TPSA) is 29.5 Å². The predicted octanol–water partition coefficient (Wildman–Crippen LogP) is 14.1. The highest BCUT2D eigenvalue weighted by Crippen LogP contribution is 2.43. The molecule has 0 saturated heterocycles. The van der Waals surface area contributed by atoms with Crippen molar-refractivity contribution in [2.24, 2.45) is 0 Å². The van der Waals surface area contributed by atoms with Gasteiger partial charge in [-0.25, -0.2) is 0 Å². The summed E-state index contributed by atoms with van der Waals surface area (Å²) in [5, 5.41) is 7.00. The Balaban J connectivity index is 0.997. The monoisotopic (exact) mass is 793 g/mol. The summed E-state index contributed by atoms with van der Waals surface area (Å²) in [5.74, 6) is 6.69. The fourth-order valence-electron chi connectivity index (χ4n) is 9.62. The van der Waals surface area contributed by atoms with Crippen LogP contribution in [0.2, 0.25) is 0 Å². The van der Waals surface area contributed by atoms with Crippen molar-refractivity contribution in [3.05, 3.63) is 222 Å². The van der Waals surface area contributed by atoms with Crippen LogP contribution in [0.3, 0.4) is 0 Å². The molecule has 10 aromatic rings. The number of rotatable bonds is 7. The first kappa shape index (κ1) is 35.8. The van der Waals surface area contributed by atoms with Gasteiger partial charge >= 0.3 is 0 Å². The van der Waals surface area contributed by atoms with Crippen LogP contribution in [0.25, 0.3) is 83.2 Å². The fourth-order valence-corrected chi connectivity index (χ4v) is 9.62. The van der Waals surface area contributed by atoms with E-state index in [0.29, 0.717) is 6.42 Å². The molecule has 292 valence electrons. The molecule has 0 bridgehead atoms. The van der Waals surface area contributed by atoms with Crippen molar-refractivity contribution in [1.82, 2.24) is 0 Å². The zero-order valence-electron chi connectivity index (χ0n) is 33.9. The molecular weight excluding hydrogens is 755 g/mol. The van der Waals surface area contributed by atoms with Crippen molar-refractivity contribution in [2.75, 3.05) is 4.90 Å². The number of benzene rings is 8. The molecule has 3 nitrogen and oxygen atoms in total. The quantitative estimate of drug-likeness (QED) is 0.151. The molecular formula is C59H39NO2. The summed E-state index contributed by atoms with van der Waals surface area (Å²) in [5.41, 5.74) is 16.5. The number of furan rings is 2. The Hall–Kier alpha value is -8.06. The van der Waals surface area contributed by atoms with E-state index in [1.54, 1.807) is 0 Å². The van der Waals surface area contributed by atoms with Crippen molar-refractivity contribution in [2.45, 2.75) is 19.3 Å². The summed E-state index contributed by atoms with van der Waals surface area (Å²) in [6.07, 6.45) is 8.85. The molecule has 2 aliphatic rings. The van der Waals surface area contributed by atoms with Gasteiger partial charge in [0.1, 0.15) is 22.2 Å². The van der Waals surface area contributed by atoms with Gasteiger partial charge in [0.25, 0.3) is 0 Å². The first-order chi connectivity index (χ1) is 30.7. The van der Waals surface area contributed by atoms with E-state index in [9.17, 15) is 0 Å². The Morgan fingerprint density at radius 2 is 1.16 bits per heavy atom. The first-order valence-electron chi connectivity index (χ1n) is 21.3. The Labute approximate surface area is 359 Å². The molecule has 0 unspecified atom stereocenters. The highest BCUT2D eigenvalue weighted by Gasteiger charge is 2.24. The third-order valence-corrected chi connectivity index (χ3v) is 12.6. The number of para-hydroxylation sites is 4. The van der Waals surface area contributed by atoms with Gasteiger partial charge in [0.15, 0.2) is 0 Å². The summed E-state index contributed by atoms with van der Waals surface area (Å²) >= 11 is 0. The number of anilines is 2. The van der Waals surface area contributed by atoms with Crippen LogP contribution >= 0.6 is 0 Å². The summed E-state index contributed by atoms with van der Waals surface area (Å²) in [4.78, 5) is 2.46. The normalized spacial score (nSPS) is 13.6. The molecule has 12 rings (SSSR count). The summed E-state index contributed by atoms with van der Waals surface area (Å²) in [6.45, 7) is 0. The van der Waals surface area contributed by atoms with Crippen molar-refractivity contribution in [1.29, 1.82) is 0 Å². The van der Waals surface area contributed by atoms with E-state index in [4.69, 9.17) is 8.83 Å². The molecule has 3 heteroatoms. The molecule has 0 aliphatic heterocycles. The van der Waals surface area contributed by atoms with E-state index < -0.39 is 0 Å². The Kier molecular flexibility index (Phi) is 8.61. The van der Waals surface area contributed by atoms with E-state index in [-0.39, 0.29) is 0 Å². The molecule has 0 amide bonds. The number of hydrogen-bond acceptors (Lipinski definition) is 3. The van der Waals surface area contributed by atoms with Gasteiger partial charge in [0.2, 0.25) is 0 Å². The average molecular weight is 794 g/mol. The summed E-state index contributed by atoms with van der Waals surface area (Å²) in [7, 11) is 0. The van der Waals surface area contributed by atoms with Gasteiger partial charge in [-0.1, -0.05) is 164 Å². The summed E-state index contributed by atoms with van der Waals surface area (Å²) in [6, 6.07) is 65.1. The molecule has 0 N–H and O–H groups in total. The second-order valence-electron chi connectivity index (χ2n) is 16.1. The van der Waals surface area contributed by atoms with Crippen molar-refractivity contribution < 1.29 is 8.83 Å². The van der Waals surface area contributed by atoms with Crippen LogP contribution < -0.4 is 15.5 Å². The Bertz CT molecular complexity index is 3670. The number of hydrogen-bond donors (Lipinski definition) is 0. The lowest BCUT2D eigenvalue weighted by Crippen LogP contribution is -2.25. The van der Waals surface area contributed by atoms with Crippen LogP contribution in [-0.4, -0.2) is 0 Å². The standard InChI is InChI=1S/C59H39NO2/c1-2-18-46-40(14-1)15-12-23-47(46)43-17-11-16-42(38-43)39-30-34-44(35-31-39)60(45-36-32-41(33-37-45)48-24-13-25-52-50-20-4-8-27-55(50)62-59(48)52)54-26-7-3-19-49(54)51-21-5-10-29-57-58(51)53-22-6-9-28-56(53)61-57/h1-4,6-9,11-20,22-32,34-36,38H,21,33,37H2. The molecule has 0 saturated carbocycles. The Morgan fingerprint density at radius 3 is 2.03 bits per heavy atom.